The lowest BCUT2D eigenvalue weighted by atomic mass is 9.87. The Morgan fingerprint density at radius 3 is 2.92 bits per heavy atom. The van der Waals surface area contributed by atoms with Gasteiger partial charge in [-0.05, 0) is 37.8 Å². The molecule has 142 valence electrons. The van der Waals surface area contributed by atoms with Gasteiger partial charge in [-0.3, -0.25) is 9.89 Å². The molecule has 3 heterocycles. The maximum atomic E-state index is 5.66. The molecule has 0 aliphatic carbocycles. The first-order chi connectivity index (χ1) is 12.8. The second kappa shape index (κ2) is 7.97. The lowest BCUT2D eigenvalue weighted by Crippen LogP contribution is -2.46. The Hall–Kier alpha value is -1.59. The van der Waals surface area contributed by atoms with Gasteiger partial charge in [0.05, 0.1) is 6.61 Å². The number of aliphatic imine (C=N–C) groups is 1. The zero-order valence-corrected chi connectivity index (χ0v) is 16.0. The number of nitrogens with one attached hydrogen (secondary N) is 1. The van der Waals surface area contributed by atoms with Crippen molar-refractivity contribution >= 4 is 5.96 Å². The Kier molecular flexibility index (Phi) is 5.46. The molecule has 1 N–H and O–H groups in total. The molecule has 2 unspecified atom stereocenters. The van der Waals surface area contributed by atoms with Crippen molar-refractivity contribution in [3.63, 3.8) is 0 Å². The third-order valence-corrected chi connectivity index (χ3v) is 6.36. The number of guanidine groups is 1. The maximum Gasteiger partial charge on any atom is 0.193 e. The van der Waals surface area contributed by atoms with Crippen LogP contribution >= 0.6 is 0 Å². The highest BCUT2D eigenvalue weighted by Crippen LogP contribution is 2.38. The van der Waals surface area contributed by atoms with E-state index < -0.39 is 0 Å². The largest absolute Gasteiger partial charge is 0.381 e. The first kappa shape index (κ1) is 17.8. The highest BCUT2D eigenvalue weighted by atomic mass is 16.5. The van der Waals surface area contributed by atoms with Crippen LogP contribution in [-0.2, 0) is 11.3 Å². The lowest BCUT2D eigenvalue weighted by Gasteiger charge is -2.28. The van der Waals surface area contributed by atoms with Crippen molar-refractivity contribution in [2.75, 3.05) is 46.4 Å². The number of hydrogen-bond acceptors (Lipinski definition) is 3. The summed E-state index contributed by atoms with van der Waals surface area (Å²) in [5, 5.41) is 3.67. The predicted molar refractivity (Wildman–Crippen MR) is 105 cm³/mol. The van der Waals surface area contributed by atoms with Gasteiger partial charge in [0.25, 0.3) is 0 Å². The minimum Gasteiger partial charge on any atom is -0.381 e. The zero-order valence-electron chi connectivity index (χ0n) is 16.0. The van der Waals surface area contributed by atoms with Crippen molar-refractivity contribution in [1.29, 1.82) is 0 Å². The molecule has 2 atom stereocenters. The molecular weight excluding hydrogens is 324 g/mol. The van der Waals surface area contributed by atoms with Crippen molar-refractivity contribution in [3.05, 3.63) is 35.9 Å². The van der Waals surface area contributed by atoms with Crippen molar-refractivity contribution in [2.24, 2.45) is 10.4 Å². The van der Waals surface area contributed by atoms with Gasteiger partial charge in [0.2, 0.25) is 0 Å². The van der Waals surface area contributed by atoms with Gasteiger partial charge in [0.1, 0.15) is 0 Å². The van der Waals surface area contributed by atoms with Gasteiger partial charge >= 0.3 is 0 Å². The average Bonchev–Trinajstić information content (AvgIpc) is 3.40. The molecule has 3 fully saturated rings. The predicted octanol–water partition coefficient (Wildman–Crippen LogP) is 2.34. The SMILES string of the molecule is CN=C(NCC1CCCN1Cc1ccccc1)N1CCC2(CCOC2)C1. The van der Waals surface area contributed by atoms with E-state index in [2.05, 4.69) is 50.4 Å². The van der Waals surface area contributed by atoms with Gasteiger partial charge < -0.3 is 15.0 Å². The van der Waals surface area contributed by atoms with Gasteiger partial charge in [0.15, 0.2) is 5.96 Å². The van der Waals surface area contributed by atoms with E-state index in [1.165, 1.54) is 37.8 Å². The Balaban J connectivity index is 1.30. The van der Waals surface area contributed by atoms with Gasteiger partial charge in [-0.1, -0.05) is 30.3 Å². The summed E-state index contributed by atoms with van der Waals surface area (Å²) in [5.74, 6) is 1.07. The third kappa shape index (κ3) is 3.89. The molecule has 1 spiro atoms. The van der Waals surface area contributed by atoms with E-state index in [4.69, 9.17) is 4.74 Å². The number of nitrogens with zero attached hydrogens (tertiary/aromatic N) is 3. The van der Waals surface area contributed by atoms with Crippen LogP contribution in [0, 0.1) is 5.41 Å². The lowest BCUT2D eigenvalue weighted by molar-refractivity contribution is 0.156. The fourth-order valence-electron chi connectivity index (χ4n) is 4.78. The van der Waals surface area contributed by atoms with Crippen LogP contribution in [0.5, 0.6) is 0 Å². The minimum atomic E-state index is 0.379. The molecule has 5 nitrogen and oxygen atoms in total. The molecule has 4 rings (SSSR count). The quantitative estimate of drug-likeness (QED) is 0.664. The van der Waals surface area contributed by atoms with Crippen LogP contribution in [-0.4, -0.2) is 68.2 Å². The molecule has 1 aromatic rings. The van der Waals surface area contributed by atoms with Gasteiger partial charge in [-0.25, -0.2) is 0 Å². The normalized spacial score (nSPS) is 29.8. The second-order valence-electron chi connectivity index (χ2n) is 8.15. The van der Waals surface area contributed by atoms with E-state index in [9.17, 15) is 0 Å². The topological polar surface area (TPSA) is 40.1 Å². The molecule has 1 aromatic carbocycles. The Morgan fingerprint density at radius 1 is 1.27 bits per heavy atom. The Bertz CT molecular complexity index is 612. The first-order valence-electron chi connectivity index (χ1n) is 10.1. The van der Waals surface area contributed by atoms with Crippen LogP contribution in [0.4, 0.5) is 0 Å². The zero-order chi connectivity index (χ0) is 17.8. The average molecular weight is 357 g/mol. The number of rotatable bonds is 4. The molecule has 0 aromatic heterocycles. The van der Waals surface area contributed by atoms with Crippen LogP contribution in [0.25, 0.3) is 0 Å². The number of hydrogen-bond donors (Lipinski definition) is 1. The van der Waals surface area contributed by atoms with E-state index >= 15 is 0 Å². The smallest absolute Gasteiger partial charge is 0.193 e. The van der Waals surface area contributed by atoms with Crippen LogP contribution in [0.1, 0.15) is 31.2 Å². The summed E-state index contributed by atoms with van der Waals surface area (Å²) in [7, 11) is 1.91. The van der Waals surface area contributed by atoms with Crippen LogP contribution < -0.4 is 5.32 Å². The Morgan fingerprint density at radius 2 is 2.15 bits per heavy atom. The number of benzene rings is 1. The van der Waals surface area contributed by atoms with Gasteiger partial charge in [-0.2, -0.15) is 0 Å². The van der Waals surface area contributed by atoms with Crippen LogP contribution in [0.2, 0.25) is 0 Å². The molecular formula is C21H32N4O. The van der Waals surface area contributed by atoms with Crippen LogP contribution in [0.15, 0.2) is 35.3 Å². The van der Waals surface area contributed by atoms with Crippen molar-refractivity contribution < 1.29 is 4.74 Å². The summed E-state index contributed by atoms with van der Waals surface area (Å²) >= 11 is 0. The molecule has 26 heavy (non-hydrogen) atoms. The van der Waals surface area contributed by atoms with E-state index in [0.29, 0.717) is 11.5 Å². The highest BCUT2D eigenvalue weighted by molar-refractivity contribution is 5.80. The summed E-state index contributed by atoms with van der Waals surface area (Å²) in [6.07, 6.45) is 5.00. The summed E-state index contributed by atoms with van der Waals surface area (Å²) < 4.78 is 5.66. The molecule has 0 bridgehead atoms. The molecule has 0 saturated carbocycles. The fourth-order valence-corrected chi connectivity index (χ4v) is 4.78. The highest BCUT2D eigenvalue weighted by Gasteiger charge is 2.42. The summed E-state index contributed by atoms with van der Waals surface area (Å²) in [5.41, 5.74) is 1.79. The minimum absolute atomic E-state index is 0.379. The third-order valence-electron chi connectivity index (χ3n) is 6.36. The molecule has 3 saturated heterocycles. The summed E-state index contributed by atoms with van der Waals surface area (Å²) in [4.78, 5) is 9.62. The number of ether oxygens (including phenoxy) is 1. The van der Waals surface area contributed by atoms with Crippen molar-refractivity contribution in [2.45, 2.75) is 38.3 Å². The summed E-state index contributed by atoms with van der Waals surface area (Å²) in [6.45, 7) is 7.27. The van der Waals surface area contributed by atoms with Crippen LogP contribution in [0.3, 0.4) is 0 Å². The monoisotopic (exact) mass is 356 g/mol. The van der Waals surface area contributed by atoms with Crippen molar-refractivity contribution in [1.82, 2.24) is 15.1 Å². The van der Waals surface area contributed by atoms with E-state index in [0.717, 1.165) is 45.4 Å². The molecule has 5 heteroatoms. The molecule has 3 aliphatic heterocycles. The van der Waals surface area contributed by atoms with E-state index in [1.807, 2.05) is 7.05 Å². The van der Waals surface area contributed by atoms with E-state index in [-0.39, 0.29) is 0 Å². The molecule has 0 amide bonds. The van der Waals surface area contributed by atoms with Gasteiger partial charge in [0, 0.05) is 51.3 Å². The summed E-state index contributed by atoms with van der Waals surface area (Å²) in [6, 6.07) is 11.4. The fraction of sp³-hybridized carbons (Fsp3) is 0.667. The standard InChI is InChI=1S/C21H32N4O/c1-22-20(25-12-9-21(16-25)10-13-26-17-21)23-14-19-8-5-11-24(19)15-18-6-3-2-4-7-18/h2-4,6-7,19H,5,8-17H2,1H3,(H,22,23). The number of likely N-dealkylation sites (tertiary alicyclic amines) is 2. The molecule has 0 radical (unpaired) electrons. The first-order valence-corrected chi connectivity index (χ1v) is 10.1. The van der Waals surface area contributed by atoms with Crippen molar-refractivity contribution in [3.8, 4) is 0 Å². The maximum absolute atomic E-state index is 5.66. The Labute approximate surface area is 157 Å². The van der Waals surface area contributed by atoms with E-state index in [1.54, 1.807) is 0 Å². The second-order valence-corrected chi connectivity index (χ2v) is 8.15. The molecule has 3 aliphatic rings. The van der Waals surface area contributed by atoms with Gasteiger partial charge in [-0.15, -0.1) is 0 Å².